The van der Waals surface area contributed by atoms with E-state index in [2.05, 4.69) is 62.3 Å². The van der Waals surface area contributed by atoms with Crippen molar-refractivity contribution in [3.8, 4) is 5.75 Å². The monoisotopic (exact) mass is 290 g/mol. The fourth-order valence-corrected chi connectivity index (χ4v) is 3.00. The summed E-state index contributed by atoms with van der Waals surface area (Å²) in [7, 11) is 2.23. The van der Waals surface area contributed by atoms with E-state index in [1.54, 1.807) is 0 Å². The van der Waals surface area contributed by atoms with Crippen LogP contribution in [0.15, 0.2) is 24.3 Å². The third-order valence-electron chi connectivity index (χ3n) is 4.34. The van der Waals surface area contributed by atoms with E-state index in [1.807, 2.05) is 0 Å². The summed E-state index contributed by atoms with van der Waals surface area (Å²) in [6.07, 6.45) is 2.90. The van der Waals surface area contributed by atoms with Gasteiger partial charge < -0.3 is 10.1 Å². The summed E-state index contributed by atoms with van der Waals surface area (Å²) in [5.41, 5.74) is 1.36. The van der Waals surface area contributed by atoms with Crippen LogP contribution in [-0.2, 0) is 0 Å². The van der Waals surface area contributed by atoms with E-state index in [-0.39, 0.29) is 6.10 Å². The minimum Gasteiger partial charge on any atom is -0.491 e. The molecule has 1 aromatic carbocycles. The van der Waals surface area contributed by atoms with Crippen LogP contribution in [-0.4, -0.2) is 37.7 Å². The molecular weight excluding hydrogens is 260 g/mol. The zero-order valence-corrected chi connectivity index (χ0v) is 13.9. The standard InChI is InChI=1S/C18H30N2O/c1-14(2)21-18-9-7-17(8-10-18)15(3)20(4)13-16-6-5-11-19-12-16/h7-10,14-16,19H,5-6,11-13H2,1-4H3. The molecule has 0 spiro atoms. The normalized spacial score (nSPS) is 20.8. The minimum atomic E-state index is 0.231. The lowest BCUT2D eigenvalue weighted by molar-refractivity contribution is 0.199. The average Bonchev–Trinajstić information content (AvgIpc) is 2.47. The largest absolute Gasteiger partial charge is 0.491 e. The molecule has 1 heterocycles. The summed E-state index contributed by atoms with van der Waals surface area (Å²) < 4.78 is 5.71. The molecule has 1 fully saturated rings. The van der Waals surface area contributed by atoms with Crippen LogP contribution in [0.5, 0.6) is 5.75 Å². The highest BCUT2D eigenvalue weighted by Gasteiger charge is 2.18. The maximum absolute atomic E-state index is 5.71. The number of hydrogen-bond donors (Lipinski definition) is 1. The van der Waals surface area contributed by atoms with Crippen molar-refractivity contribution in [2.45, 2.75) is 45.8 Å². The Kier molecular flexibility index (Phi) is 6.07. The Balaban J connectivity index is 1.90. The summed E-state index contributed by atoms with van der Waals surface area (Å²) in [4.78, 5) is 2.47. The SMILES string of the molecule is CC(C)Oc1ccc(C(C)N(C)CC2CCCNC2)cc1. The van der Waals surface area contributed by atoms with Crippen molar-refractivity contribution in [1.82, 2.24) is 10.2 Å². The van der Waals surface area contributed by atoms with Gasteiger partial charge in [-0.15, -0.1) is 0 Å². The van der Waals surface area contributed by atoms with Gasteiger partial charge in [-0.05, 0) is 77.4 Å². The van der Waals surface area contributed by atoms with E-state index in [9.17, 15) is 0 Å². The smallest absolute Gasteiger partial charge is 0.119 e. The predicted octanol–water partition coefficient (Wildman–Crippen LogP) is 3.47. The molecule has 3 heteroatoms. The molecule has 2 atom stereocenters. The summed E-state index contributed by atoms with van der Waals surface area (Å²) in [6, 6.07) is 9.00. The summed E-state index contributed by atoms with van der Waals surface area (Å²) >= 11 is 0. The average molecular weight is 290 g/mol. The molecule has 0 radical (unpaired) electrons. The van der Waals surface area contributed by atoms with Gasteiger partial charge in [0.2, 0.25) is 0 Å². The molecule has 0 aliphatic carbocycles. The molecule has 2 unspecified atom stereocenters. The molecule has 0 saturated carbocycles. The van der Waals surface area contributed by atoms with E-state index in [1.165, 1.54) is 31.5 Å². The maximum Gasteiger partial charge on any atom is 0.119 e. The predicted molar refractivity (Wildman–Crippen MR) is 88.8 cm³/mol. The number of benzene rings is 1. The van der Waals surface area contributed by atoms with Crippen LogP contribution in [0.4, 0.5) is 0 Å². The summed E-state index contributed by atoms with van der Waals surface area (Å²) in [6.45, 7) is 9.92. The van der Waals surface area contributed by atoms with Crippen LogP contribution in [0.3, 0.4) is 0 Å². The van der Waals surface area contributed by atoms with Gasteiger partial charge in [-0.25, -0.2) is 0 Å². The number of piperidine rings is 1. The van der Waals surface area contributed by atoms with Gasteiger partial charge in [0, 0.05) is 12.6 Å². The Hall–Kier alpha value is -1.06. The quantitative estimate of drug-likeness (QED) is 0.868. The van der Waals surface area contributed by atoms with Crippen molar-refractivity contribution >= 4 is 0 Å². The highest BCUT2D eigenvalue weighted by atomic mass is 16.5. The van der Waals surface area contributed by atoms with Gasteiger partial charge in [-0.1, -0.05) is 12.1 Å². The maximum atomic E-state index is 5.71. The van der Waals surface area contributed by atoms with Crippen molar-refractivity contribution in [2.75, 3.05) is 26.7 Å². The Bertz CT molecular complexity index is 410. The van der Waals surface area contributed by atoms with Crippen molar-refractivity contribution in [1.29, 1.82) is 0 Å². The molecule has 3 nitrogen and oxygen atoms in total. The van der Waals surface area contributed by atoms with Crippen molar-refractivity contribution in [2.24, 2.45) is 5.92 Å². The first-order valence-electron chi connectivity index (χ1n) is 8.24. The molecule has 1 aliphatic rings. The fourth-order valence-electron chi connectivity index (χ4n) is 3.00. The van der Waals surface area contributed by atoms with Crippen molar-refractivity contribution in [3.05, 3.63) is 29.8 Å². The lowest BCUT2D eigenvalue weighted by Gasteiger charge is -2.31. The molecule has 1 saturated heterocycles. The van der Waals surface area contributed by atoms with Gasteiger partial charge in [0.05, 0.1) is 6.10 Å². The number of nitrogens with zero attached hydrogens (tertiary/aromatic N) is 1. The molecule has 1 N–H and O–H groups in total. The van der Waals surface area contributed by atoms with Crippen molar-refractivity contribution in [3.63, 3.8) is 0 Å². The van der Waals surface area contributed by atoms with Crippen LogP contribution in [0.25, 0.3) is 0 Å². The zero-order chi connectivity index (χ0) is 15.2. The number of hydrogen-bond acceptors (Lipinski definition) is 3. The molecule has 0 aromatic heterocycles. The van der Waals surface area contributed by atoms with Crippen LogP contribution in [0.2, 0.25) is 0 Å². The van der Waals surface area contributed by atoms with Crippen molar-refractivity contribution < 1.29 is 4.74 Å². The molecule has 0 amide bonds. The number of nitrogens with one attached hydrogen (secondary N) is 1. The van der Waals surface area contributed by atoms with Gasteiger partial charge >= 0.3 is 0 Å². The summed E-state index contributed by atoms with van der Waals surface area (Å²) in [5, 5.41) is 3.50. The van der Waals surface area contributed by atoms with Gasteiger partial charge in [0.15, 0.2) is 0 Å². The van der Waals surface area contributed by atoms with Crippen LogP contribution >= 0.6 is 0 Å². The second-order valence-electron chi connectivity index (χ2n) is 6.56. The number of ether oxygens (including phenoxy) is 1. The summed E-state index contributed by atoms with van der Waals surface area (Å²) in [5.74, 6) is 1.75. The highest BCUT2D eigenvalue weighted by Crippen LogP contribution is 2.24. The van der Waals surface area contributed by atoms with E-state index in [4.69, 9.17) is 4.74 Å². The van der Waals surface area contributed by atoms with Gasteiger partial charge in [0.25, 0.3) is 0 Å². The highest BCUT2D eigenvalue weighted by molar-refractivity contribution is 5.29. The van der Waals surface area contributed by atoms with Crippen LogP contribution in [0, 0.1) is 5.92 Å². The van der Waals surface area contributed by atoms with E-state index < -0.39 is 0 Å². The van der Waals surface area contributed by atoms with Crippen LogP contribution in [0.1, 0.15) is 45.2 Å². The molecule has 21 heavy (non-hydrogen) atoms. The Labute approximate surface area is 129 Å². The van der Waals surface area contributed by atoms with Gasteiger partial charge in [-0.3, -0.25) is 4.90 Å². The van der Waals surface area contributed by atoms with E-state index >= 15 is 0 Å². The van der Waals surface area contributed by atoms with Crippen LogP contribution < -0.4 is 10.1 Å². The fraction of sp³-hybridized carbons (Fsp3) is 0.667. The molecular formula is C18H30N2O. The second kappa shape index (κ2) is 7.81. The second-order valence-corrected chi connectivity index (χ2v) is 6.56. The number of rotatable bonds is 6. The first kappa shape index (κ1) is 16.3. The topological polar surface area (TPSA) is 24.5 Å². The first-order valence-corrected chi connectivity index (χ1v) is 8.24. The molecule has 1 aliphatic heterocycles. The third kappa shape index (κ3) is 5.01. The zero-order valence-electron chi connectivity index (χ0n) is 13.9. The Morgan fingerprint density at radius 1 is 1.24 bits per heavy atom. The third-order valence-corrected chi connectivity index (χ3v) is 4.34. The van der Waals surface area contributed by atoms with Gasteiger partial charge in [0.1, 0.15) is 5.75 Å². The first-order chi connectivity index (χ1) is 10.1. The van der Waals surface area contributed by atoms with E-state index in [0.29, 0.717) is 6.04 Å². The Morgan fingerprint density at radius 3 is 2.52 bits per heavy atom. The van der Waals surface area contributed by atoms with Gasteiger partial charge in [-0.2, -0.15) is 0 Å². The Morgan fingerprint density at radius 2 is 1.95 bits per heavy atom. The molecule has 118 valence electrons. The van der Waals surface area contributed by atoms with E-state index in [0.717, 1.165) is 18.2 Å². The molecule has 0 bridgehead atoms. The molecule has 1 aromatic rings. The molecule has 2 rings (SSSR count). The lowest BCUT2D eigenvalue weighted by Crippen LogP contribution is -2.37. The minimum absolute atomic E-state index is 0.231. The lowest BCUT2D eigenvalue weighted by atomic mass is 9.98.